The van der Waals surface area contributed by atoms with Crippen LogP contribution in [0.5, 0.6) is 0 Å². The van der Waals surface area contributed by atoms with Crippen molar-refractivity contribution in [1.29, 1.82) is 0 Å². The molecular formula is C18H35N2O+. The lowest BCUT2D eigenvalue weighted by molar-refractivity contribution is -0.870. The Bertz CT molecular complexity index is 381. The van der Waals surface area contributed by atoms with Crippen LogP contribution in [0.2, 0.25) is 0 Å². The van der Waals surface area contributed by atoms with E-state index in [0.29, 0.717) is 17.8 Å². The monoisotopic (exact) mass is 295 g/mol. The van der Waals surface area contributed by atoms with Gasteiger partial charge in [0.25, 0.3) is 0 Å². The number of rotatable bonds is 6. The third-order valence-corrected chi connectivity index (χ3v) is 4.73. The average Bonchev–Trinajstić information content (AvgIpc) is 2.29. The van der Waals surface area contributed by atoms with Crippen LogP contribution in [0.4, 0.5) is 0 Å². The fourth-order valence-electron chi connectivity index (χ4n) is 3.53. The van der Waals surface area contributed by atoms with Crippen molar-refractivity contribution in [3.05, 3.63) is 11.6 Å². The summed E-state index contributed by atoms with van der Waals surface area (Å²) in [5, 5.41) is 0. The number of hydrogen-bond acceptors (Lipinski definition) is 1. The van der Waals surface area contributed by atoms with Crippen molar-refractivity contribution in [2.75, 3.05) is 40.8 Å². The molecule has 0 spiro atoms. The molecular weight excluding hydrogens is 260 g/mol. The van der Waals surface area contributed by atoms with E-state index < -0.39 is 0 Å². The van der Waals surface area contributed by atoms with Crippen molar-refractivity contribution < 1.29 is 9.28 Å². The van der Waals surface area contributed by atoms with E-state index in [2.05, 4.69) is 52.9 Å². The molecule has 0 saturated heterocycles. The van der Waals surface area contributed by atoms with Gasteiger partial charge in [0.05, 0.1) is 27.7 Å². The van der Waals surface area contributed by atoms with Crippen molar-refractivity contribution in [1.82, 2.24) is 4.90 Å². The van der Waals surface area contributed by atoms with Crippen LogP contribution in [-0.4, -0.2) is 56.1 Å². The number of amides is 1. The minimum Gasteiger partial charge on any atom is -0.342 e. The molecule has 1 rings (SSSR count). The molecule has 1 aliphatic carbocycles. The molecule has 0 saturated carbocycles. The highest BCUT2D eigenvalue weighted by molar-refractivity contribution is 5.73. The molecule has 0 unspecified atom stereocenters. The van der Waals surface area contributed by atoms with E-state index in [4.69, 9.17) is 0 Å². The highest BCUT2D eigenvalue weighted by Crippen LogP contribution is 2.34. The maximum Gasteiger partial charge on any atom is 0.219 e. The lowest BCUT2D eigenvalue weighted by Gasteiger charge is -2.37. The number of carbonyl (C=O) groups is 1. The molecule has 0 radical (unpaired) electrons. The summed E-state index contributed by atoms with van der Waals surface area (Å²) in [4.78, 5) is 14.0. The molecule has 21 heavy (non-hydrogen) atoms. The van der Waals surface area contributed by atoms with Crippen LogP contribution < -0.4 is 0 Å². The van der Waals surface area contributed by atoms with Crippen molar-refractivity contribution in [3.63, 3.8) is 0 Å². The Morgan fingerprint density at radius 2 is 1.95 bits per heavy atom. The van der Waals surface area contributed by atoms with Crippen LogP contribution in [0.3, 0.4) is 0 Å². The molecule has 0 fully saturated rings. The second-order valence-corrected chi connectivity index (χ2v) is 8.05. The Morgan fingerprint density at radius 1 is 1.33 bits per heavy atom. The van der Waals surface area contributed by atoms with Crippen molar-refractivity contribution in [3.8, 4) is 0 Å². The average molecular weight is 295 g/mol. The molecule has 3 heteroatoms. The van der Waals surface area contributed by atoms with Crippen LogP contribution >= 0.6 is 0 Å². The quantitative estimate of drug-likeness (QED) is 0.544. The van der Waals surface area contributed by atoms with Crippen molar-refractivity contribution in [2.45, 2.75) is 40.5 Å². The lowest BCUT2D eigenvalue weighted by Crippen LogP contribution is -2.42. The van der Waals surface area contributed by atoms with Gasteiger partial charge in [0.15, 0.2) is 0 Å². The van der Waals surface area contributed by atoms with E-state index in [-0.39, 0.29) is 5.91 Å². The zero-order valence-corrected chi connectivity index (χ0v) is 15.1. The van der Waals surface area contributed by atoms with Gasteiger partial charge in [0.1, 0.15) is 0 Å². The molecule has 0 aliphatic heterocycles. The Morgan fingerprint density at radius 3 is 2.43 bits per heavy atom. The van der Waals surface area contributed by atoms with Crippen molar-refractivity contribution >= 4 is 5.91 Å². The van der Waals surface area contributed by atoms with E-state index >= 15 is 0 Å². The predicted octanol–water partition coefficient (Wildman–Crippen LogP) is 3.17. The maximum atomic E-state index is 12.0. The van der Waals surface area contributed by atoms with E-state index in [1.54, 1.807) is 6.92 Å². The Hall–Kier alpha value is -0.830. The molecule has 0 aromatic heterocycles. The predicted molar refractivity (Wildman–Crippen MR) is 90.0 cm³/mol. The molecule has 0 aromatic carbocycles. The van der Waals surface area contributed by atoms with E-state index in [9.17, 15) is 4.79 Å². The first-order valence-electron chi connectivity index (χ1n) is 8.33. The van der Waals surface area contributed by atoms with Crippen LogP contribution in [0.15, 0.2) is 11.6 Å². The Labute approximate surface area is 131 Å². The minimum absolute atomic E-state index is 0.224. The van der Waals surface area contributed by atoms with Crippen LogP contribution in [0.25, 0.3) is 0 Å². The van der Waals surface area contributed by atoms with Crippen LogP contribution in [-0.2, 0) is 4.79 Å². The first kappa shape index (κ1) is 18.2. The summed E-state index contributed by atoms with van der Waals surface area (Å²) in [6.45, 7) is 11.5. The van der Waals surface area contributed by atoms with Gasteiger partial charge in [0, 0.05) is 26.4 Å². The number of nitrogens with zero attached hydrogens (tertiary/aromatic N) is 2. The zero-order chi connectivity index (χ0) is 16.2. The summed E-state index contributed by atoms with van der Waals surface area (Å²) in [6.07, 6.45) is 4.65. The molecule has 0 bridgehead atoms. The van der Waals surface area contributed by atoms with Gasteiger partial charge in [-0.25, -0.2) is 0 Å². The highest BCUT2D eigenvalue weighted by atomic mass is 16.2. The SMILES string of the molecule is CC(=O)N(CCC[N+](C)(C)C)C[C@@H]1[C@H](C)CC(C)=C[C@@H]1C. The summed E-state index contributed by atoms with van der Waals surface area (Å²) in [5.74, 6) is 2.07. The molecule has 0 N–H and O–H groups in total. The number of quaternary nitrogens is 1. The van der Waals surface area contributed by atoms with Gasteiger partial charge in [-0.05, 0) is 31.1 Å². The standard InChI is InChI=1S/C18H35N2O/c1-14-11-15(2)18(16(3)12-14)13-19(17(4)21)9-8-10-20(5,6)7/h11,15-16,18H,8-10,12-13H2,1-7H3/q+1/t15-,16+,18-/m0/s1. The molecule has 1 aliphatic rings. The summed E-state index contributed by atoms with van der Waals surface area (Å²) in [6, 6.07) is 0. The van der Waals surface area contributed by atoms with E-state index in [1.807, 2.05) is 0 Å². The zero-order valence-electron chi connectivity index (χ0n) is 15.1. The van der Waals surface area contributed by atoms with Gasteiger partial charge in [-0.15, -0.1) is 0 Å². The summed E-state index contributed by atoms with van der Waals surface area (Å²) < 4.78 is 0.962. The first-order chi connectivity index (χ1) is 9.60. The molecule has 3 nitrogen and oxygen atoms in total. The number of allylic oxidation sites excluding steroid dienone is 2. The third kappa shape index (κ3) is 6.21. The third-order valence-electron chi connectivity index (χ3n) is 4.73. The van der Waals surface area contributed by atoms with E-state index in [0.717, 1.165) is 30.5 Å². The molecule has 122 valence electrons. The van der Waals surface area contributed by atoms with E-state index in [1.165, 1.54) is 12.0 Å². The Kier molecular flexibility index (Phi) is 6.45. The molecule has 1 amide bonds. The van der Waals surface area contributed by atoms with Gasteiger partial charge in [-0.3, -0.25) is 4.79 Å². The number of hydrogen-bond donors (Lipinski definition) is 0. The Balaban J connectivity index is 2.60. The summed E-state index contributed by atoms with van der Waals surface area (Å²) >= 11 is 0. The first-order valence-corrected chi connectivity index (χ1v) is 8.33. The normalized spacial score (nSPS) is 26.4. The molecule has 3 atom stereocenters. The summed E-state index contributed by atoms with van der Waals surface area (Å²) in [7, 11) is 6.62. The van der Waals surface area contributed by atoms with Crippen LogP contribution in [0, 0.1) is 17.8 Å². The fraction of sp³-hybridized carbons (Fsp3) is 0.833. The van der Waals surface area contributed by atoms with Crippen molar-refractivity contribution in [2.24, 2.45) is 17.8 Å². The van der Waals surface area contributed by atoms with Gasteiger partial charge in [-0.2, -0.15) is 0 Å². The topological polar surface area (TPSA) is 20.3 Å². The fourth-order valence-corrected chi connectivity index (χ4v) is 3.53. The van der Waals surface area contributed by atoms with Gasteiger partial charge in [0.2, 0.25) is 5.91 Å². The largest absolute Gasteiger partial charge is 0.342 e. The lowest BCUT2D eigenvalue weighted by atomic mass is 9.74. The van der Waals surface area contributed by atoms with Gasteiger partial charge in [-0.1, -0.05) is 25.5 Å². The minimum atomic E-state index is 0.224. The summed E-state index contributed by atoms with van der Waals surface area (Å²) in [5.41, 5.74) is 1.51. The number of carbonyl (C=O) groups excluding carboxylic acids is 1. The van der Waals surface area contributed by atoms with Gasteiger partial charge < -0.3 is 9.38 Å². The van der Waals surface area contributed by atoms with Gasteiger partial charge >= 0.3 is 0 Å². The van der Waals surface area contributed by atoms with Crippen LogP contribution in [0.1, 0.15) is 40.5 Å². The second-order valence-electron chi connectivity index (χ2n) is 8.05. The highest BCUT2D eigenvalue weighted by Gasteiger charge is 2.29. The molecule has 0 aromatic rings. The molecule has 0 heterocycles. The smallest absolute Gasteiger partial charge is 0.219 e. The maximum absolute atomic E-state index is 12.0. The second kappa shape index (κ2) is 7.44.